The Balaban J connectivity index is 2.05. The highest BCUT2D eigenvalue weighted by atomic mass is 32.1. The van der Waals surface area contributed by atoms with E-state index in [0.717, 1.165) is 52.7 Å². The van der Waals surface area contributed by atoms with Crippen LogP contribution in [0.1, 0.15) is 15.2 Å². The molecule has 3 rings (SSSR count). The average Bonchev–Trinajstić information content (AvgIpc) is 2.84. The molecule has 0 aliphatic carbocycles. The van der Waals surface area contributed by atoms with Crippen molar-refractivity contribution in [1.82, 2.24) is 20.2 Å². The third-order valence-corrected chi connectivity index (χ3v) is 4.92. The van der Waals surface area contributed by atoms with Crippen molar-refractivity contribution >= 4 is 33.3 Å². The summed E-state index contributed by atoms with van der Waals surface area (Å²) >= 11 is 1.47. The predicted octanol–water partition coefficient (Wildman–Crippen LogP) is 1.11. The van der Waals surface area contributed by atoms with Crippen molar-refractivity contribution < 1.29 is 4.79 Å². The molecular formula is C14H19N5OS. The molecule has 112 valence electrons. The number of nitrogens with zero attached hydrogens (tertiary/aromatic N) is 4. The number of fused-ring (bicyclic) bond motifs is 1. The van der Waals surface area contributed by atoms with Crippen molar-refractivity contribution in [1.29, 1.82) is 0 Å². The zero-order valence-corrected chi connectivity index (χ0v) is 13.3. The quantitative estimate of drug-likeness (QED) is 0.900. The van der Waals surface area contributed by atoms with E-state index in [9.17, 15) is 4.79 Å². The van der Waals surface area contributed by atoms with Crippen LogP contribution in [0.15, 0.2) is 6.33 Å². The van der Waals surface area contributed by atoms with E-state index < -0.39 is 0 Å². The third kappa shape index (κ3) is 2.47. The summed E-state index contributed by atoms with van der Waals surface area (Å²) in [7, 11) is 3.91. The molecule has 2 aromatic rings. The Morgan fingerprint density at radius 1 is 1.33 bits per heavy atom. The largest absolute Gasteiger partial charge is 0.362 e. The number of aryl methyl sites for hydroxylation is 1. The van der Waals surface area contributed by atoms with Gasteiger partial charge in [0.2, 0.25) is 0 Å². The van der Waals surface area contributed by atoms with Crippen molar-refractivity contribution in [3.63, 3.8) is 0 Å². The summed E-state index contributed by atoms with van der Waals surface area (Å²) in [6.07, 6.45) is 1.56. The molecule has 1 fully saturated rings. The van der Waals surface area contributed by atoms with E-state index in [4.69, 9.17) is 0 Å². The highest BCUT2D eigenvalue weighted by Crippen LogP contribution is 2.34. The molecule has 7 heteroatoms. The second-order valence-electron chi connectivity index (χ2n) is 5.37. The van der Waals surface area contributed by atoms with Crippen LogP contribution in [0.5, 0.6) is 0 Å². The average molecular weight is 305 g/mol. The van der Waals surface area contributed by atoms with Crippen LogP contribution in [0, 0.1) is 6.92 Å². The SMILES string of the molecule is Cc1c(C(=O)N2CCNCC2)sc2ncnc(N(C)C)c12. The summed E-state index contributed by atoms with van der Waals surface area (Å²) in [6, 6.07) is 0. The summed E-state index contributed by atoms with van der Waals surface area (Å²) < 4.78 is 0. The lowest BCUT2D eigenvalue weighted by atomic mass is 10.2. The molecule has 0 saturated carbocycles. The second kappa shape index (κ2) is 5.57. The van der Waals surface area contributed by atoms with Crippen LogP contribution in [-0.4, -0.2) is 61.0 Å². The number of nitrogens with one attached hydrogen (secondary N) is 1. The van der Waals surface area contributed by atoms with Gasteiger partial charge in [-0.15, -0.1) is 11.3 Å². The highest BCUT2D eigenvalue weighted by Gasteiger charge is 2.24. The van der Waals surface area contributed by atoms with Crippen LogP contribution < -0.4 is 10.2 Å². The second-order valence-corrected chi connectivity index (χ2v) is 6.37. The number of thiophene rings is 1. The monoisotopic (exact) mass is 305 g/mol. The molecule has 1 aliphatic rings. The fourth-order valence-corrected chi connectivity index (χ4v) is 3.72. The van der Waals surface area contributed by atoms with Crippen LogP contribution in [0.3, 0.4) is 0 Å². The first-order valence-corrected chi connectivity index (χ1v) is 7.82. The van der Waals surface area contributed by atoms with E-state index in [1.54, 1.807) is 6.33 Å². The molecule has 3 heterocycles. The Labute approximate surface area is 127 Å². The molecule has 1 aliphatic heterocycles. The molecule has 0 bridgehead atoms. The van der Waals surface area contributed by atoms with Gasteiger partial charge in [0.25, 0.3) is 5.91 Å². The molecule has 1 saturated heterocycles. The normalized spacial score (nSPS) is 15.5. The van der Waals surface area contributed by atoms with E-state index in [-0.39, 0.29) is 5.91 Å². The predicted molar refractivity (Wildman–Crippen MR) is 85.3 cm³/mol. The lowest BCUT2D eigenvalue weighted by Gasteiger charge is -2.27. The molecule has 1 N–H and O–H groups in total. The van der Waals surface area contributed by atoms with Gasteiger partial charge in [-0.25, -0.2) is 9.97 Å². The summed E-state index contributed by atoms with van der Waals surface area (Å²) in [5, 5.41) is 4.26. The maximum Gasteiger partial charge on any atom is 0.264 e. The smallest absolute Gasteiger partial charge is 0.264 e. The van der Waals surface area contributed by atoms with Gasteiger partial charge in [-0.1, -0.05) is 0 Å². The Bertz CT molecular complexity index is 675. The Morgan fingerprint density at radius 2 is 2.05 bits per heavy atom. The Hall–Kier alpha value is -1.73. The third-order valence-electron chi connectivity index (χ3n) is 3.73. The van der Waals surface area contributed by atoms with E-state index in [1.165, 1.54) is 11.3 Å². The van der Waals surface area contributed by atoms with Crippen LogP contribution in [0.25, 0.3) is 10.2 Å². The number of hydrogen-bond acceptors (Lipinski definition) is 6. The van der Waals surface area contributed by atoms with Gasteiger partial charge in [-0.3, -0.25) is 4.79 Å². The lowest BCUT2D eigenvalue weighted by Crippen LogP contribution is -2.46. The first-order valence-electron chi connectivity index (χ1n) is 7.01. The topological polar surface area (TPSA) is 61.4 Å². The minimum Gasteiger partial charge on any atom is -0.362 e. The first kappa shape index (κ1) is 14.2. The number of aromatic nitrogens is 2. The van der Waals surface area contributed by atoms with Crippen molar-refractivity contribution in [2.75, 3.05) is 45.2 Å². The van der Waals surface area contributed by atoms with Crippen molar-refractivity contribution in [2.45, 2.75) is 6.92 Å². The van der Waals surface area contributed by atoms with Gasteiger partial charge < -0.3 is 15.1 Å². The molecule has 1 amide bonds. The lowest BCUT2D eigenvalue weighted by molar-refractivity contribution is 0.0740. The molecule has 21 heavy (non-hydrogen) atoms. The number of hydrogen-bond donors (Lipinski definition) is 1. The standard InChI is InChI=1S/C14H19N5OS/c1-9-10-12(18(2)3)16-8-17-13(10)21-11(9)14(20)19-6-4-15-5-7-19/h8,15H,4-7H2,1-3H3. The molecule has 0 radical (unpaired) electrons. The van der Waals surface area contributed by atoms with E-state index >= 15 is 0 Å². The Kier molecular flexibility index (Phi) is 3.77. The maximum absolute atomic E-state index is 12.7. The molecule has 0 spiro atoms. The zero-order chi connectivity index (χ0) is 15.0. The zero-order valence-electron chi connectivity index (χ0n) is 12.5. The first-order chi connectivity index (χ1) is 10.1. The molecule has 0 atom stereocenters. The maximum atomic E-state index is 12.7. The Morgan fingerprint density at radius 3 is 2.71 bits per heavy atom. The van der Waals surface area contributed by atoms with Crippen LogP contribution >= 0.6 is 11.3 Å². The van der Waals surface area contributed by atoms with Gasteiger partial charge >= 0.3 is 0 Å². The molecule has 0 aromatic carbocycles. The minimum absolute atomic E-state index is 0.113. The number of rotatable bonds is 2. The molecular weight excluding hydrogens is 286 g/mol. The number of amides is 1. The molecule has 6 nitrogen and oxygen atoms in total. The van der Waals surface area contributed by atoms with Gasteiger partial charge in [0.15, 0.2) is 0 Å². The molecule has 2 aromatic heterocycles. The van der Waals surface area contributed by atoms with Gasteiger partial charge in [-0.2, -0.15) is 0 Å². The van der Waals surface area contributed by atoms with E-state index in [1.807, 2.05) is 30.8 Å². The van der Waals surface area contributed by atoms with Gasteiger partial charge in [0.05, 0.1) is 10.3 Å². The fourth-order valence-electron chi connectivity index (χ4n) is 2.61. The summed E-state index contributed by atoms with van der Waals surface area (Å²) in [6.45, 7) is 5.24. The van der Waals surface area contributed by atoms with Crippen molar-refractivity contribution in [3.8, 4) is 0 Å². The van der Waals surface area contributed by atoms with Crippen molar-refractivity contribution in [2.24, 2.45) is 0 Å². The van der Waals surface area contributed by atoms with Crippen LogP contribution in [-0.2, 0) is 0 Å². The number of anilines is 1. The summed E-state index contributed by atoms with van der Waals surface area (Å²) in [5.74, 6) is 0.981. The number of carbonyl (C=O) groups excluding carboxylic acids is 1. The van der Waals surface area contributed by atoms with E-state index in [0.29, 0.717) is 0 Å². The van der Waals surface area contributed by atoms with Gasteiger partial charge in [-0.05, 0) is 12.5 Å². The highest BCUT2D eigenvalue weighted by molar-refractivity contribution is 7.20. The van der Waals surface area contributed by atoms with Crippen LogP contribution in [0.2, 0.25) is 0 Å². The number of carbonyl (C=O) groups is 1. The number of piperazine rings is 1. The summed E-state index contributed by atoms with van der Waals surface area (Å²) in [4.78, 5) is 26.9. The van der Waals surface area contributed by atoms with Gasteiger partial charge in [0, 0.05) is 40.3 Å². The fraction of sp³-hybridized carbons (Fsp3) is 0.500. The van der Waals surface area contributed by atoms with E-state index in [2.05, 4.69) is 15.3 Å². The van der Waals surface area contributed by atoms with Gasteiger partial charge in [0.1, 0.15) is 17.0 Å². The molecule has 0 unspecified atom stereocenters. The summed E-state index contributed by atoms with van der Waals surface area (Å²) in [5.41, 5.74) is 0.989. The minimum atomic E-state index is 0.113. The van der Waals surface area contributed by atoms with Crippen molar-refractivity contribution in [3.05, 3.63) is 16.8 Å². The van der Waals surface area contributed by atoms with Crippen LogP contribution in [0.4, 0.5) is 5.82 Å².